The Morgan fingerprint density at radius 3 is 2.56 bits per heavy atom. The first-order chi connectivity index (χ1) is 12.7. The predicted octanol–water partition coefficient (Wildman–Crippen LogP) is 3.58. The van der Waals surface area contributed by atoms with E-state index in [4.69, 9.17) is 21.1 Å². The summed E-state index contributed by atoms with van der Waals surface area (Å²) >= 11 is 5.63. The minimum Gasteiger partial charge on any atom is -0.496 e. The molecular weight excluding hydrogens is 383 g/mol. The number of nitro groups is 1. The second kappa shape index (κ2) is 8.45. The number of halogens is 2. The highest BCUT2D eigenvalue weighted by Crippen LogP contribution is 2.25. The van der Waals surface area contributed by atoms with Crippen LogP contribution in [0.25, 0.3) is 0 Å². The van der Waals surface area contributed by atoms with Crippen molar-refractivity contribution in [1.82, 2.24) is 0 Å². The van der Waals surface area contributed by atoms with Crippen LogP contribution in [0.15, 0.2) is 36.4 Å². The minimum atomic E-state index is -1.25. The summed E-state index contributed by atoms with van der Waals surface area (Å²) < 4.78 is 23.2. The molecule has 2 rings (SSSR count). The van der Waals surface area contributed by atoms with Gasteiger partial charge in [-0.05, 0) is 31.2 Å². The van der Waals surface area contributed by atoms with E-state index in [9.17, 15) is 24.1 Å². The highest BCUT2D eigenvalue weighted by Gasteiger charge is 2.24. The molecule has 1 amide bonds. The molecular formula is C17H14ClFN2O6. The minimum absolute atomic E-state index is 0.0588. The molecule has 0 aliphatic carbocycles. The summed E-state index contributed by atoms with van der Waals surface area (Å²) in [5, 5.41) is 13.1. The monoisotopic (exact) mass is 396 g/mol. The van der Waals surface area contributed by atoms with Crippen LogP contribution in [0.5, 0.6) is 5.75 Å². The van der Waals surface area contributed by atoms with Gasteiger partial charge in [0.1, 0.15) is 17.1 Å². The van der Waals surface area contributed by atoms with Crippen molar-refractivity contribution < 1.29 is 28.4 Å². The van der Waals surface area contributed by atoms with Gasteiger partial charge in [0, 0.05) is 17.8 Å². The van der Waals surface area contributed by atoms with E-state index in [2.05, 4.69) is 5.32 Å². The number of nitro benzene ring substituents is 1. The number of non-ortho nitro benzene ring substituents is 1. The zero-order chi connectivity index (χ0) is 20.1. The number of nitrogens with zero attached hydrogens (tertiary/aromatic N) is 1. The summed E-state index contributed by atoms with van der Waals surface area (Å²) in [6, 6.07) is 6.97. The molecule has 142 valence electrons. The maximum Gasteiger partial charge on any atom is 0.342 e. The summed E-state index contributed by atoms with van der Waals surface area (Å²) in [6.45, 7) is 1.31. The molecule has 0 fully saturated rings. The van der Waals surface area contributed by atoms with E-state index in [0.717, 1.165) is 12.1 Å². The second-order valence-corrected chi connectivity index (χ2v) is 5.71. The number of rotatable bonds is 6. The first-order valence-corrected chi connectivity index (χ1v) is 7.90. The number of hydrogen-bond acceptors (Lipinski definition) is 6. The molecule has 0 spiro atoms. The normalized spacial score (nSPS) is 11.4. The Labute approximate surface area is 158 Å². The van der Waals surface area contributed by atoms with E-state index in [1.54, 1.807) is 0 Å². The Bertz CT molecular complexity index is 905. The summed E-state index contributed by atoms with van der Waals surface area (Å²) in [6.07, 6.45) is -1.25. The van der Waals surface area contributed by atoms with Crippen LogP contribution in [-0.4, -0.2) is 30.0 Å². The van der Waals surface area contributed by atoms with Crippen LogP contribution in [0, 0.1) is 15.9 Å². The lowest BCUT2D eigenvalue weighted by Gasteiger charge is -2.15. The van der Waals surface area contributed by atoms with Crippen molar-refractivity contribution in [3.63, 3.8) is 0 Å². The lowest BCUT2D eigenvalue weighted by Crippen LogP contribution is -2.30. The van der Waals surface area contributed by atoms with Gasteiger partial charge in [0.2, 0.25) is 0 Å². The fourth-order valence-corrected chi connectivity index (χ4v) is 2.24. The van der Waals surface area contributed by atoms with Gasteiger partial charge in [-0.3, -0.25) is 14.9 Å². The van der Waals surface area contributed by atoms with Crippen LogP contribution in [-0.2, 0) is 9.53 Å². The van der Waals surface area contributed by atoms with Gasteiger partial charge in [0.25, 0.3) is 11.6 Å². The molecule has 0 bridgehead atoms. The highest BCUT2D eigenvalue weighted by atomic mass is 35.5. The number of methoxy groups -OCH3 is 1. The van der Waals surface area contributed by atoms with Gasteiger partial charge in [-0.2, -0.15) is 0 Å². The van der Waals surface area contributed by atoms with Crippen LogP contribution >= 0.6 is 11.6 Å². The van der Waals surface area contributed by atoms with Crippen LogP contribution in [0.3, 0.4) is 0 Å². The maximum absolute atomic E-state index is 13.1. The predicted molar refractivity (Wildman–Crippen MR) is 94.6 cm³/mol. The van der Waals surface area contributed by atoms with Gasteiger partial charge in [-0.15, -0.1) is 0 Å². The summed E-state index contributed by atoms with van der Waals surface area (Å²) in [5.74, 6) is -2.26. The Balaban J connectivity index is 2.12. The third kappa shape index (κ3) is 4.91. The van der Waals surface area contributed by atoms with Gasteiger partial charge >= 0.3 is 5.97 Å². The summed E-state index contributed by atoms with van der Waals surface area (Å²) in [4.78, 5) is 34.6. The largest absolute Gasteiger partial charge is 0.496 e. The molecule has 0 aliphatic rings. The Morgan fingerprint density at radius 1 is 1.26 bits per heavy atom. The number of nitrogens with one attached hydrogen (secondary N) is 1. The molecule has 2 aromatic carbocycles. The van der Waals surface area contributed by atoms with Crippen molar-refractivity contribution in [2.24, 2.45) is 0 Å². The number of amides is 1. The number of ether oxygens (including phenoxy) is 2. The molecule has 0 aromatic heterocycles. The van der Waals surface area contributed by atoms with Crippen molar-refractivity contribution in [3.05, 3.63) is 62.9 Å². The lowest BCUT2D eigenvalue weighted by molar-refractivity contribution is -0.384. The number of hydrogen-bond donors (Lipinski definition) is 1. The van der Waals surface area contributed by atoms with E-state index in [0.29, 0.717) is 0 Å². The summed E-state index contributed by atoms with van der Waals surface area (Å²) in [5.41, 5.74) is -0.320. The third-order valence-corrected chi connectivity index (χ3v) is 3.74. The fraction of sp³-hybridized carbons (Fsp3) is 0.176. The lowest BCUT2D eigenvalue weighted by atomic mass is 10.1. The Morgan fingerprint density at radius 2 is 1.96 bits per heavy atom. The Kier molecular flexibility index (Phi) is 6.30. The van der Waals surface area contributed by atoms with Crippen molar-refractivity contribution in [2.45, 2.75) is 13.0 Å². The van der Waals surface area contributed by atoms with Crippen molar-refractivity contribution in [3.8, 4) is 5.75 Å². The van der Waals surface area contributed by atoms with E-state index < -0.39 is 28.7 Å². The number of carbonyl (C=O) groups excluding carboxylic acids is 2. The molecule has 1 atom stereocenters. The highest BCUT2D eigenvalue weighted by molar-refractivity contribution is 6.31. The number of carbonyl (C=O) groups is 2. The fourth-order valence-electron chi connectivity index (χ4n) is 2.06. The quantitative estimate of drug-likeness (QED) is 0.454. The van der Waals surface area contributed by atoms with Crippen LogP contribution in [0.1, 0.15) is 17.3 Å². The molecule has 10 heteroatoms. The van der Waals surface area contributed by atoms with E-state index in [1.165, 1.54) is 38.3 Å². The molecule has 27 heavy (non-hydrogen) atoms. The third-order valence-electron chi connectivity index (χ3n) is 3.45. The molecule has 0 saturated heterocycles. The second-order valence-electron chi connectivity index (χ2n) is 5.31. The molecule has 0 unspecified atom stereocenters. The molecule has 8 nitrogen and oxygen atoms in total. The topological polar surface area (TPSA) is 108 Å². The summed E-state index contributed by atoms with van der Waals surface area (Å²) in [7, 11) is 1.28. The van der Waals surface area contributed by atoms with Crippen molar-refractivity contribution >= 4 is 34.9 Å². The van der Waals surface area contributed by atoms with Gasteiger partial charge < -0.3 is 14.8 Å². The Hall–Kier alpha value is -3.20. The number of anilines is 1. The van der Waals surface area contributed by atoms with E-state index >= 15 is 0 Å². The van der Waals surface area contributed by atoms with Gasteiger partial charge in [-0.25, -0.2) is 9.18 Å². The van der Waals surface area contributed by atoms with E-state index in [1.807, 2.05) is 0 Å². The molecule has 0 saturated carbocycles. The van der Waals surface area contributed by atoms with Crippen LogP contribution in [0.4, 0.5) is 15.8 Å². The van der Waals surface area contributed by atoms with Crippen LogP contribution in [0.2, 0.25) is 5.02 Å². The molecule has 0 aliphatic heterocycles. The average molecular weight is 397 g/mol. The zero-order valence-corrected chi connectivity index (χ0v) is 15.0. The van der Waals surface area contributed by atoms with E-state index in [-0.39, 0.29) is 27.7 Å². The van der Waals surface area contributed by atoms with Gasteiger partial charge in [0.05, 0.1) is 17.1 Å². The standard InChI is InChI=1S/C17H14ClFN2O6/c1-9(16(22)20-10-3-5-14(19)13(18)7-10)27-17(23)12-8-11(21(24)25)4-6-15(12)26-2/h3-9H,1-2H3,(H,20,22)/t9-/m1/s1. The van der Waals surface area contributed by atoms with Gasteiger partial charge in [0.15, 0.2) is 6.10 Å². The SMILES string of the molecule is COc1ccc([N+](=O)[O-])cc1C(=O)O[C@H](C)C(=O)Nc1ccc(F)c(Cl)c1. The van der Waals surface area contributed by atoms with Crippen molar-refractivity contribution in [1.29, 1.82) is 0 Å². The van der Waals surface area contributed by atoms with Crippen LogP contribution < -0.4 is 10.1 Å². The molecule has 0 heterocycles. The first kappa shape index (κ1) is 20.1. The molecule has 0 radical (unpaired) electrons. The smallest absolute Gasteiger partial charge is 0.342 e. The van der Waals surface area contributed by atoms with Crippen molar-refractivity contribution in [2.75, 3.05) is 12.4 Å². The average Bonchev–Trinajstić information content (AvgIpc) is 2.63. The number of benzene rings is 2. The molecule has 2 aromatic rings. The maximum atomic E-state index is 13.1. The molecule has 1 N–H and O–H groups in total. The zero-order valence-electron chi connectivity index (χ0n) is 14.2. The number of esters is 1. The first-order valence-electron chi connectivity index (χ1n) is 7.52. The van der Waals surface area contributed by atoms with Gasteiger partial charge in [-0.1, -0.05) is 11.6 Å².